The van der Waals surface area contributed by atoms with Crippen LogP contribution in [-0.2, 0) is 11.8 Å². The first-order valence-electron chi connectivity index (χ1n) is 6.25. The van der Waals surface area contributed by atoms with E-state index >= 15 is 0 Å². The van der Waals surface area contributed by atoms with Crippen molar-refractivity contribution in [3.8, 4) is 0 Å². The topological polar surface area (TPSA) is 59.1 Å². The fraction of sp³-hybridized carbons (Fsp3) is 0.267. The zero-order valence-electron chi connectivity index (χ0n) is 11.6. The van der Waals surface area contributed by atoms with Crippen molar-refractivity contribution in [2.24, 2.45) is 0 Å². The lowest BCUT2D eigenvalue weighted by atomic mass is 9.90. The fourth-order valence-electron chi connectivity index (χ4n) is 1.98. The fourth-order valence-corrected chi connectivity index (χ4v) is 1.98. The maximum atomic E-state index is 12.5. The average molecular weight is 296 g/mol. The number of nitrogens with two attached hydrogens (primary N) is 1. The third-order valence-corrected chi connectivity index (χ3v) is 3.42. The molecule has 0 saturated heterocycles. The van der Waals surface area contributed by atoms with Crippen LogP contribution in [-0.4, -0.2) is 10.1 Å². The minimum Gasteiger partial charge on any atom is -0.399 e. The Morgan fingerprint density at radius 2 is 1.71 bits per heavy atom. The summed E-state index contributed by atoms with van der Waals surface area (Å²) in [7, 11) is 0. The van der Waals surface area contributed by atoms with E-state index in [2.05, 4.69) is 4.98 Å². The SMILES string of the molecule is Cc1cc(C(C)(O)c2ccc(C(F)(F)F)cn2)ccc1N. The molecule has 1 aromatic heterocycles. The lowest BCUT2D eigenvalue weighted by molar-refractivity contribution is -0.137. The van der Waals surface area contributed by atoms with Gasteiger partial charge in [0.15, 0.2) is 0 Å². The predicted molar refractivity (Wildman–Crippen MR) is 73.5 cm³/mol. The third-order valence-electron chi connectivity index (χ3n) is 3.42. The number of hydrogen-bond donors (Lipinski definition) is 2. The van der Waals surface area contributed by atoms with Crippen LogP contribution < -0.4 is 5.73 Å². The largest absolute Gasteiger partial charge is 0.417 e. The molecule has 0 amide bonds. The van der Waals surface area contributed by atoms with Crippen LogP contribution in [0.15, 0.2) is 36.5 Å². The third kappa shape index (κ3) is 3.00. The highest BCUT2D eigenvalue weighted by Crippen LogP contribution is 2.32. The van der Waals surface area contributed by atoms with Gasteiger partial charge in [-0.3, -0.25) is 4.98 Å². The van der Waals surface area contributed by atoms with Gasteiger partial charge in [0.2, 0.25) is 0 Å². The van der Waals surface area contributed by atoms with Gasteiger partial charge in [0.25, 0.3) is 0 Å². The number of alkyl halides is 3. The molecule has 1 aromatic carbocycles. The maximum Gasteiger partial charge on any atom is 0.417 e. The normalized spacial score (nSPS) is 14.8. The monoisotopic (exact) mass is 296 g/mol. The van der Waals surface area contributed by atoms with Gasteiger partial charge in [-0.15, -0.1) is 0 Å². The van der Waals surface area contributed by atoms with Gasteiger partial charge in [0, 0.05) is 11.9 Å². The first kappa shape index (κ1) is 15.3. The van der Waals surface area contributed by atoms with E-state index in [-0.39, 0.29) is 5.69 Å². The number of halogens is 3. The molecule has 1 atom stereocenters. The summed E-state index contributed by atoms with van der Waals surface area (Å²) in [6, 6.07) is 7.04. The van der Waals surface area contributed by atoms with E-state index in [0.29, 0.717) is 17.4 Å². The van der Waals surface area contributed by atoms with Crippen LogP contribution >= 0.6 is 0 Å². The van der Waals surface area contributed by atoms with Crippen LogP contribution in [0.3, 0.4) is 0 Å². The molecule has 2 rings (SSSR count). The summed E-state index contributed by atoms with van der Waals surface area (Å²) in [6.45, 7) is 3.27. The highest BCUT2D eigenvalue weighted by molar-refractivity contribution is 5.49. The van der Waals surface area contributed by atoms with Gasteiger partial charge in [-0.25, -0.2) is 0 Å². The van der Waals surface area contributed by atoms with Crippen molar-refractivity contribution in [2.75, 3.05) is 5.73 Å². The molecule has 2 aromatic rings. The minimum absolute atomic E-state index is 0.139. The molecular formula is C15H15F3N2O. The second kappa shape index (κ2) is 5.04. The van der Waals surface area contributed by atoms with Crippen LogP contribution in [0, 0.1) is 6.92 Å². The van der Waals surface area contributed by atoms with Gasteiger partial charge < -0.3 is 10.8 Å². The van der Waals surface area contributed by atoms with Crippen molar-refractivity contribution >= 4 is 5.69 Å². The van der Waals surface area contributed by atoms with Gasteiger partial charge in [-0.1, -0.05) is 12.1 Å². The summed E-state index contributed by atoms with van der Waals surface area (Å²) in [5, 5.41) is 10.6. The minimum atomic E-state index is -4.45. The highest BCUT2D eigenvalue weighted by atomic mass is 19.4. The van der Waals surface area contributed by atoms with Crippen LogP contribution in [0.5, 0.6) is 0 Å². The Labute approximate surface area is 120 Å². The number of rotatable bonds is 2. The number of aromatic nitrogens is 1. The summed E-state index contributed by atoms with van der Waals surface area (Å²) in [6.07, 6.45) is -3.73. The van der Waals surface area contributed by atoms with Crippen LogP contribution in [0.4, 0.5) is 18.9 Å². The van der Waals surface area contributed by atoms with Crippen molar-refractivity contribution in [3.05, 3.63) is 58.9 Å². The standard InChI is InChI=1S/C15H15F3N2O/c1-9-7-10(3-5-12(9)19)14(2,21)13-6-4-11(8-20-13)15(16,17)18/h3-8,21H,19H2,1-2H3. The molecule has 0 saturated carbocycles. The summed E-state index contributed by atoms with van der Waals surface area (Å²) in [5.74, 6) is 0. The van der Waals surface area contributed by atoms with E-state index in [4.69, 9.17) is 5.73 Å². The Hall–Kier alpha value is -2.08. The van der Waals surface area contributed by atoms with E-state index in [9.17, 15) is 18.3 Å². The number of hydrogen-bond acceptors (Lipinski definition) is 3. The average Bonchev–Trinajstić information content (AvgIpc) is 2.41. The Bertz CT molecular complexity index is 649. The van der Waals surface area contributed by atoms with Crippen LogP contribution in [0.1, 0.15) is 29.3 Å². The number of nitrogens with zero attached hydrogens (tertiary/aromatic N) is 1. The molecule has 0 spiro atoms. The number of benzene rings is 1. The van der Waals surface area contributed by atoms with Crippen LogP contribution in [0.25, 0.3) is 0 Å². The number of aliphatic hydroxyl groups is 1. The number of nitrogen functional groups attached to an aromatic ring is 1. The Morgan fingerprint density at radius 3 is 2.19 bits per heavy atom. The molecule has 6 heteroatoms. The lowest BCUT2D eigenvalue weighted by Gasteiger charge is -2.24. The molecule has 3 nitrogen and oxygen atoms in total. The molecule has 0 fully saturated rings. The zero-order valence-corrected chi connectivity index (χ0v) is 11.6. The second-order valence-corrected chi connectivity index (χ2v) is 5.07. The Kier molecular flexibility index (Phi) is 3.67. The van der Waals surface area contributed by atoms with Crippen molar-refractivity contribution in [3.63, 3.8) is 0 Å². The summed E-state index contributed by atoms with van der Waals surface area (Å²) in [4.78, 5) is 3.74. The summed E-state index contributed by atoms with van der Waals surface area (Å²) >= 11 is 0. The van der Waals surface area contributed by atoms with Crippen molar-refractivity contribution < 1.29 is 18.3 Å². The smallest absolute Gasteiger partial charge is 0.399 e. The first-order valence-corrected chi connectivity index (χ1v) is 6.25. The highest BCUT2D eigenvalue weighted by Gasteiger charge is 2.33. The van der Waals surface area contributed by atoms with E-state index < -0.39 is 17.3 Å². The van der Waals surface area contributed by atoms with Gasteiger partial charge in [0.05, 0.1) is 11.3 Å². The molecule has 0 aliphatic heterocycles. The molecule has 1 unspecified atom stereocenters. The second-order valence-electron chi connectivity index (χ2n) is 5.07. The predicted octanol–water partition coefficient (Wildman–Crippen LogP) is 3.25. The summed E-state index contributed by atoms with van der Waals surface area (Å²) < 4.78 is 37.6. The summed E-state index contributed by atoms with van der Waals surface area (Å²) in [5.41, 5.74) is 5.38. The van der Waals surface area contributed by atoms with Crippen molar-refractivity contribution in [1.82, 2.24) is 4.98 Å². The van der Waals surface area contributed by atoms with E-state index in [1.807, 2.05) is 0 Å². The molecule has 0 aliphatic carbocycles. The van der Waals surface area contributed by atoms with Crippen molar-refractivity contribution in [2.45, 2.75) is 25.6 Å². The Balaban J connectivity index is 2.41. The number of pyridine rings is 1. The quantitative estimate of drug-likeness (QED) is 0.836. The molecular weight excluding hydrogens is 281 g/mol. The number of aryl methyl sites for hydroxylation is 1. The van der Waals surface area contributed by atoms with Crippen molar-refractivity contribution in [1.29, 1.82) is 0 Å². The van der Waals surface area contributed by atoms with Crippen LogP contribution in [0.2, 0.25) is 0 Å². The van der Waals surface area contributed by atoms with Gasteiger partial charge in [-0.2, -0.15) is 13.2 Å². The molecule has 112 valence electrons. The molecule has 0 bridgehead atoms. The Morgan fingerprint density at radius 1 is 1.10 bits per heavy atom. The van der Waals surface area contributed by atoms with E-state index in [1.54, 1.807) is 25.1 Å². The van der Waals surface area contributed by atoms with Gasteiger partial charge in [-0.05, 0) is 43.2 Å². The zero-order chi connectivity index (χ0) is 15.8. The first-order chi connectivity index (χ1) is 9.62. The van der Waals surface area contributed by atoms with E-state index in [0.717, 1.165) is 11.6 Å². The molecule has 21 heavy (non-hydrogen) atoms. The molecule has 1 heterocycles. The number of anilines is 1. The van der Waals surface area contributed by atoms with Gasteiger partial charge >= 0.3 is 6.18 Å². The van der Waals surface area contributed by atoms with Gasteiger partial charge in [0.1, 0.15) is 5.60 Å². The molecule has 0 radical (unpaired) electrons. The van der Waals surface area contributed by atoms with E-state index in [1.165, 1.54) is 13.0 Å². The maximum absolute atomic E-state index is 12.5. The molecule has 3 N–H and O–H groups in total. The molecule has 0 aliphatic rings. The lowest BCUT2D eigenvalue weighted by Crippen LogP contribution is -2.24.